The van der Waals surface area contributed by atoms with Crippen LogP contribution in [0.2, 0.25) is 0 Å². The van der Waals surface area contributed by atoms with E-state index in [2.05, 4.69) is 31.9 Å². The van der Waals surface area contributed by atoms with Crippen LogP contribution in [0.5, 0.6) is 0 Å². The molecule has 0 aliphatic carbocycles. The number of hydrogen-bond donors (Lipinski definition) is 1. The van der Waals surface area contributed by atoms with E-state index in [1.165, 1.54) is 5.56 Å². The first kappa shape index (κ1) is 10.7. The van der Waals surface area contributed by atoms with Crippen molar-refractivity contribution in [2.24, 2.45) is 5.92 Å². The van der Waals surface area contributed by atoms with Crippen LogP contribution in [0.15, 0.2) is 24.3 Å². The predicted molar refractivity (Wildman–Crippen MR) is 61.7 cm³/mol. The molecule has 2 unspecified atom stereocenters. The van der Waals surface area contributed by atoms with Crippen LogP contribution in [0, 0.1) is 12.8 Å². The van der Waals surface area contributed by atoms with E-state index in [4.69, 9.17) is 0 Å². The highest BCUT2D eigenvalue weighted by Gasteiger charge is 2.43. The van der Waals surface area contributed by atoms with Crippen molar-refractivity contribution in [2.75, 3.05) is 20.1 Å². The van der Waals surface area contributed by atoms with Crippen molar-refractivity contribution >= 4 is 0 Å². The van der Waals surface area contributed by atoms with Gasteiger partial charge in [0.25, 0.3) is 0 Å². The van der Waals surface area contributed by atoms with Crippen LogP contribution >= 0.6 is 0 Å². The highest BCUT2D eigenvalue weighted by Crippen LogP contribution is 2.37. The zero-order chi connectivity index (χ0) is 11.1. The third-order valence-corrected chi connectivity index (χ3v) is 3.52. The highest BCUT2D eigenvalue weighted by molar-refractivity contribution is 5.33. The molecule has 1 N–H and O–H groups in total. The van der Waals surface area contributed by atoms with Crippen molar-refractivity contribution in [3.63, 3.8) is 0 Å². The maximum Gasteiger partial charge on any atom is 0.106 e. The van der Waals surface area contributed by atoms with E-state index < -0.39 is 5.60 Å². The lowest BCUT2D eigenvalue weighted by molar-refractivity contribution is 0.0140. The summed E-state index contributed by atoms with van der Waals surface area (Å²) in [6, 6.07) is 8.14. The van der Waals surface area contributed by atoms with Crippen LogP contribution in [0.1, 0.15) is 18.1 Å². The molecule has 1 aliphatic heterocycles. The average molecular weight is 205 g/mol. The molecule has 1 aromatic rings. The standard InChI is InChI=1S/C13H19NO/c1-10-6-4-5-7-12(10)13(15)9-14(3)8-11(13)2/h4-7,11,15H,8-9H2,1-3H3. The first-order chi connectivity index (χ1) is 7.04. The molecule has 0 spiro atoms. The Bertz CT molecular complexity index is 363. The lowest BCUT2D eigenvalue weighted by Crippen LogP contribution is -2.34. The summed E-state index contributed by atoms with van der Waals surface area (Å²) in [6.45, 7) is 5.89. The van der Waals surface area contributed by atoms with Crippen LogP contribution in [0.3, 0.4) is 0 Å². The minimum atomic E-state index is -0.667. The number of β-amino-alcohol motifs (C(OH)–C–C–N with tert-alkyl or cyclic N) is 1. The number of aliphatic hydroxyl groups is 1. The first-order valence-corrected chi connectivity index (χ1v) is 5.51. The van der Waals surface area contributed by atoms with Gasteiger partial charge in [0.2, 0.25) is 0 Å². The van der Waals surface area contributed by atoms with Gasteiger partial charge >= 0.3 is 0 Å². The fourth-order valence-corrected chi connectivity index (χ4v) is 2.66. The summed E-state index contributed by atoms with van der Waals surface area (Å²) in [4.78, 5) is 2.19. The highest BCUT2D eigenvalue weighted by atomic mass is 16.3. The second-order valence-corrected chi connectivity index (χ2v) is 4.84. The molecule has 15 heavy (non-hydrogen) atoms. The van der Waals surface area contributed by atoms with Crippen LogP contribution in [0.4, 0.5) is 0 Å². The van der Waals surface area contributed by atoms with E-state index in [-0.39, 0.29) is 0 Å². The number of nitrogens with zero attached hydrogens (tertiary/aromatic N) is 1. The summed E-state index contributed by atoms with van der Waals surface area (Å²) in [5, 5.41) is 10.7. The fraction of sp³-hybridized carbons (Fsp3) is 0.538. The van der Waals surface area contributed by atoms with Crippen LogP contribution in [-0.2, 0) is 5.60 Å². The van der Waals surface area contributed by atoms with Crippen molar-refractivity contribution in [2.45, 2.75) is 19.4 Å². The molecule has 1 heterocycles. The van der Waals surface area contributed by atoms with Gasteiger partial charge in [-0.1, -0.05) is 31.2 Å². The molecule has 0 bridgehead atoms. The molecular weight excluding hydrogens is 186 g/mol. The van der Waals surface area contributed by atoms with E-state index in [9.17, 15) is 5.11 Å². The lowest BCUT2D eigenvalue weighted by atomic mass is 9.83. The van der Waals surface area contributed by atoms with Crippen molar-refractivity contribution in [1.29, 1.82) is 0 Å². The molecule has 2 rings (SSSR count). The normalized spacial score (nSPS) is 32.1. The second kappa shape index (κ2) is 3.62. The predicted octanol–water partition coefficient (Wildman–Crippen LogP) is 1.76. The van der Waals surface area contributed by atoms with Gasteiger partial charge in [-0.2, -0.15) is 0 Å². The van der Waals surface area contributed by atoms with Crippen molar-refractivity contribution in [3.8, 4) is 0 Å². The van der Waals surface area contributed by atoms with Gasteiger partial charge in [0.1, 0.15) is 5.60 Å². The largest absolute Gasteiger partial charge is 0.383 e. The van der Waals surface area contributed by atoms with Gasteiger partial charge in [-0.05, 0) is 25.1 Å². The Hall–Kier alpha value is -0.860. The Balaban J connectivity index is 2.42. The van der Waals surface area contributed by atoms with E-state index in [0.29, 0.717) is 5.92 Å². The molecule has 0 amide bonds. The van der Waals surface area contributed by atoms with Gasteiger partial charge < -0.3 is 10.0 Å². The summed E-state index contributed by atoms with van der Waals surface area (Å²) in [6.07, 6.45) is 0. The number of aryl methyl sites for hydroxylation is 1. The van der Waals surface area contributed by atoms with E-state index in [1.807, 2.05) is 18.2 Å². The minimum absolute atomic E-state index is 0.295. The zero-order valence-electron chi connectivity index (χ0n) is 9.70. The molecule has 0 radical (unpaired) electrons. The molecule has 1 aromatic carbocycles. The van der Waals surface area contributed by atoms with Crippen molar-refractivity contribution < 1.29 is 5.11 Å². The second-order valence-electron chi connectivity index (χ2n) is 4.84. The molecule has 0 saturated carbocycles. The number of likely N-dealkylation sites (tertiary alicyclic amines) is 1. The van der Waals surface area contributed by atoms with Gasteiger partial charge in [0, 0.05) is 19.0 Å². The SMILES string of the molecule is Cc1ccccc1C1(O)CN(C)CC1C. The van der Waals surface area contributed by atoms with E-state index in [1.54, 1.807) is 0 Å². The minimum Gasteiger partial charge on any atom is -0.383 e. The van der Waals surface area contributed by atoms with Gasteiger partial charge in [0.05, 0.1) is 0 Å². The average Bonchev–Trinajstić information content (AvgIpc) is 2.42. The summed E-state index contributed by atoms with van der Waals surface area (Å²) < 4.78 is 0. The quantitative estimate of drug-likeness (QED) is 0.755. The van der Waals surface area contributed by atoms with Crippen molar-refractivity contribution in [1.82, 2.24) is 4.90 Å². The molecule has 2 heteroatoms. The first-order valence-electron chi connectivity index (χ1n) is 5.51. The number of benzene rings is 1. The molecule has 2 nitrogen and oxygen atoms in total. The third-order valence-electron chi connectivity index (χ3n) is 3.52. The Kier molecular flexibility index (Phi) is 2.57. The summed E-state index contributed by atoms with van der Waals surface area (Å²) >= 11 is 0. The molecule has 1 aliphatic rings. The molecule has 82 valence electrons. The molecule has 1 saturated heterocycles. The fourth-order valence-electron chi connectivity index (χ4n) is 2.66. The topological polar surface area (TPSA) is 23.5 Å². The lowest BCUT2D eigenvalue weighted by Gasteiger charge is -2.29. The monoisotopic (exact) mass is 205 g/mol. The van der Waals surface area contributed by atoms with Gasteiger partial charge in [-0.3, -0.25) is 0 Å². The molecule has 2 atom stereocenters. The molecule has 0 aromatic heterocycles. The van der Waals surface area contributed by atoms with Crippen LogP contribution in [-0.4, -0.2) is 30.1 Å². The van der Waals surface area contributed by atoms with Gasteiger partial charge in [0.15, 0.2) is 0 Å². The smallest absolute Gasteiger partial charge is 0.106 e. The maximum atomic E-state index is 10.7. The maximum absolute atomic E-state index is 10.7. The van der Waals surface area contributed by atoms with Gasteiger partial charge in [-0.25, -0.2) is 0 Å². The Morgan fingerprint density at radius 2 is 2.07 bits per heavy atom. The molecular formula is C13H19NO. The van der Waals surface area contributed by atoms with E-state index in [0.717, 1.165) is 18.7 Å². The van der Waals surface area contributed by atoms with E-state index >= 15 is 0 Å². The number of hydrogen-bond acceptors (Lipinski definition) is 2. The van der Waals surface area contributed by atoms with Gasteiger partial charge in [-0.15, -0.1) is 0 Å². The van der Waals surface area contributed by atoms with Crippen LogP contribution < -0.4 is 0 Å². The van der Waals surface area contributed by atoms with Crippen molar-refractivity contribution in [3.05, 3.63) is 35.4 Å². The number of rotatable bonds is 1. The van der Waals surface area contributed by atoms with Crippen LogP contribution in [0.25, 0.3) is 0 Å². The summed E-state index contributed by atoms with van der Waals surface area (Å²) in [7, 11) is 2.06. The summed E-state index contributed by atoms with van der Waals surface area (Å²) in [5.41, 5.74) is 1.60. The zero-order valence-corrected chi connectivity index (χ0v) is 9.70. The number of likely N-dealkylation sites (N-methyl/N-ethyl adjacent to an activating group) is 1. The Morgan fingerprint density at radius 3 is 2.60 bits per heavy atom. The molecule has 1 fully saturated rings. The summed E-state index contributed by atoms with van der Waals surface area (Å²) in [5.74, 6) is 0.295. The third kappa shape index (κ3) is 1.68. The Labute approximate surface area is 91.5 Å². The Morgan fingerprint density at radius 1 is 1.40 bits per heavy atom.